The molecule has 0 saturated heterocycles. The van der Waals surface area contributed by atoms with E-state index in [0.717, 1.165) is 11.8 Å². The van der Waals surface area contributed by atoms with Gasteiger partial charge in [0.1, 0.15) is 0 Å². The van der Waals surface area contributed by atoms with Crippen LogP contribution in [0.5, 0.6) is 0 Å². The van der Waals surface area contributed by atoms with Crippen LogP contribution in [0.3, 0.4) is 0 Å². The third-order valence-corrected chi connectivity index (χ3v) is 4.68. The molecular formula is C16H25F2N3. The second kappa shape index (κ2) is 7.05. The Bertz CT molecular complexity index is 427. The number of aromatic nitrogens is 2. The highest BCUT2D eigenvalue weighted by molar-refractivity contribution is 5.08. The molecule has 0 amide bonds. The van der Waals surface area contributed by atoms with Crippen LogP contribution in [0.25, 0.3) is 0 Å². The van der Waals surface area contributed by atoms with E-state index in [4.69, 9.17) is 0 Å². The molecule has 2 N–H and O–H groups in total. The summed E-state index contributed by atoms with van der Waals surface area (Å²) in [5.74, 6) is 1.72. The molecule has 5 heteroatoms. The molecule has 2 fully saturated rings. The topological polar surface area (TPSA) is 40.7 Å². The average molecular weight is 297 g/mol. The summed E-state index contributed by atoms with van der Waals surface area (Å²) in [5, 5.41) is 9.61. The quantitative estimate of drug-likeness (QED) is 0.854. The molecule has 2 atom stereocenters. The fraction of sp³-hybridized carbons (Fsp3) is 0.688. The summed E-state index contributed by atoms with van der Waals surface area (Å²) >= 11 is 0. The van der Waals surface area contributed by atoms with E-state index < -0.39 is 12.0 Å². The van der Waals surface area contributed by atoms with Gasteiger partial charge in [-0.25, -0.2) is 8.78 Å². The van der Waals surface area contributed by atoms with E-state index in [1.54, 1.807) is 0 Å². The van der Waals surface area contributed by atoms with Gasteiger partial charge in [-0.05, 0) is 50.3 Å². The number of nitrogens with zero attached hydrogens (tertiary/aromatic N) is 1. The molecule has 2 unspecified atom stereocenters. The summed E-state index contributed by atoms with van der Waals surface area (Å²) in [6, 6.07) is 2.11. The van der Waals surface area contributed by atoms with Crippen LogP contribution in [0, 0.1) is 5.92 Å². The molecule has 2 saturated carbocycles. The van der Waals surface area contributed by atoms with Crippen molar-refractivity contribution in [3.63, 3.8) is 0 Å². The van der Waals surface area contributed by atoms with Gasteiger partial charge >= 0.3 is 0 Å². The number of nitrogens with one attached hydrogen (secondary N) is 2. The number of halogens is 2. The van der Waals surface area contributed by atoms with Crippen LogP contribution >= 0.6 is 0 Å². The van der Waals surface area contributed by atoms with Gasteiger partial charge in [0.2, 0.25) is 0 Å². The second-order valence-electron chi connectivity index (χ2n) is 6.10. The van der Waals surface area contributed by atoms with Crippen molar-refractivity contribution < 1.29 is 8.78 Å². The first kappa shape index (κ1) is 16.0. The van der Waals surface area contributed by atoms with E-state index in [2.05, 4.69) is 35.1 Å². The number of rotatable bonds is 5. The van der Waals surface area contributed by atoms with Gasteiger partial charge in [-0.3, -0.25) is 5.10 Å². The molecule has 118 valence electrons. The molecule has 0 bridgehead atoms. The second-order valence-corrected chi connectivity index (χ2v) is 6.10. The Hall–Kier alpha value is -1.39. The van der Waals surface area contributed by atoms with Crippen LogP contribution in [-0.2, 0) is 0 Å². The first-order chi connectivity index (χ1) is 10.1. The zero-order valence-corrected chi connectivity index (χ0v) is 12.6. The van der Waals surface area contributed by atoms with Crippen molar-refractivity contribution in [3.05, 3.63) is 30.7 Å². The van der Waals surface area contributed by atoms with Crippen LogP contribution in [0.4, 0.5) is 8.78 Å². The van der Waals surface area contributed by atoms with E-state index >= 15 is 0 Å². The fourth-order valence-electron chi connectivity index (χ4n) is 2.99. The molecule has 2 aliphatic rings. The number of aromatic amines is 1. The minimum atomic E-state index is -2.25. The number of hydrogen-bond donors (Lipinski definition) is 2. The third-order valence-electron chi connectivity index (χ3n) is 4.68. The lowest BCUT2D eigenvalue weighted by Gasteiger charge is -2.12. The Morgan fingerprint density at radius 3 is 2.67 bits per heavy atom. The molecule has 21 heavy (non-hydrogen) atoms. The van der Waals surface area contributed by atoms with Gasteiger partial charge in [0.05, 0.1) is 5.54 Å². The summed E-state index contributed by atoms with van der Waals surface area (Å²) in [4.78, 5) is 0. The summed E-state index contributed by atoms with van der Waals surface area (Å²) < 4.78 is 23.9. The SMILES string of the molecule is C=CNC1(C(F)F)CC1.CCC1CCC(c2ccn[nH]2)C1. The normalized spacial score (nSPS) is 26.1. The fourth-order valence-corrected chi connectivity index (χ4v) is 2.99. The van der Waals surface area contributed by atoms with Crippen molar-refractivity contribution in [2.45, 2.75) is 63.3 Å². The van der Waals surface area contributed by atoms with Gasteiger partial charge in [0.25, 0.3) is 6.43 Å². The van der Waals surface area contributed by atoms with Gasteiger partial charge in [0, 0.05) is 17.8 Å². The van der Waals surface area contributed by atoms with Crippen LogP contribution in [0.1, 0.15) is 57.1 Å². The molecule has 0 aromatic carbocycles. The largest absolute Gasteiger partial charge is 0.381 e. The highest BCUT2D eigenvalue weighted by atomic mass is 19.3. The zero-order chi connectivity index (χ0) is 15.3. The molecular weight excluding hydrogens is 272 g/mol. The van der Waals surface area contributed by atoms with E-state index in [1.165, 1.54) is 37.6 Å². The minimum absolute atomic E-state index is 0.566. The average Bonchev–Trinajstić information content (AvgIpc) is 2.94. The van der Waals surface area contributed by atoms with E-state index in [9.17, 15) is 8.78 Å². The van der Waals surface area contributed by atoms with Gasteiger partial charge in [0.15, 0.2) is 0 Å². The van der Waals surface area contributed by atoms with Gasteiger partial charge in [-0.15, -0.1) is 0 Å². The van der Waals surface area contributed by atoms with Crippen molar-refractivity contribution in [3.8, 4) is 0 Å². The lowest BCUT2D eigenvalue weighted by Crippen LogP contribution is -2.33. The predicted molar refractivity (Wildman–Crippen MR) is 80.3 cm³/mol. The van der Waals surface area contributed by atoms with Gasteiger partial charge in [-0.1, -0.05) is 19.9 Å². The highest BCUT2D eigenvalue weighted by Gasteiger charge is 2.50. The summed E-state index contributed by atoms with van der Waals surface area (Å²) in [6.45, 7) is 5.62. The summed E-state index contributed by atoms with van der Waals surface area (Å²) in [6.07, 6.45) is 7.52. The molecule has 0 spiro atoms. The Balaban J connectivity index is 0.000000161. The Kier molecular flexibility index (Phi) is 5.37. The van der Waals surface area contributed by atoms with E-state index in [0.29, 0.717) is 12.8 Å². The standard InChI is InChI=1S/C10H16N2.C6H9F2N/c1-2-8-3-4-9(7-8)10-5-6-11-12-10;1-2-9-6(3-4-6)5(7)8/h5-6,8-9H,2-4,7H2,1H3,(H,11,12);2,5,9H,1,3-4H2. The van der Waals surface area contributed by atoms with E-state index in [-0.39, 0.29) is 0 Å². The number of hydrogen-bond acceptors (Lipinski definition) is 2. The lowest BCUT2D eigenvalue weighted by molar-refractivity contribution is 0.0928. The van der Waals surface area contributed by atoms with Crippen molar-refractivity contribution in [1.82, 2.24) is 15.5 Å². The van der Waals surface area contributed by atoms with Crippen molar-refractivity contribution in [2.75, 3.05) is 0 Å². The summed E-state index contributed by atoms with van der Waals surface area (Å²) in [5.41, 5.74) is 0.438. The van der Waals surface area contributed by atoms with E-state index in [1.807, 2.05) is 6.20 Å². The Labute approximate surface area is 125 Å². The maximum atomic E-state index is 12.0. The maximum absolute atomic E-state index is 12.0. The van der Waals surface area contributed by atoms with Crippen LogP contribution in [0.15, 0.2) is 25.0 Å². The smallest absolute Gasteiger partial charge is 0.261 e. The maximum Gasteiger partial charge on any atom is 0.261 e. The van der Waals surface area contributed by atoms with Crippen molar-refractivity contribution in [1.29, 1.82) is 0 Å². The molecule has 1 heterocycles. The molecule has 3 rings (SSSR count). The first-order valence-corrected chi connectivity index (χ1v) is 7.77. The zero-order valence-electron chi connectivity index (χ0n) is 12.6. The van der Waals surface area contributed by atoms with Gasteiger partial charge in [-0.2, -0.15) is 5.10 Å². The molecule has 0 aliphatic heterocycles. The van der Waals surface area contributed by atoms with Gasteiger partial charge < -0.3 is 5.32 Å². The summed E-state index contributed by atoms with van der Waals surface area (Å²) in [7, 11) is 0. The third kappa shape index (κ3) is 4.05. The van der Waals surface area contributed by atoms with Crippen molar-refractivity contribution >= 4 is 0 Å². The molecule has 0 radical (unpaired) electrons. The van der Waals surface area contributed by atoms with Crippen molar-refractivity contribution in [2.24, 2.45) is 5.92 Å². The molecule has 2 aliphatic carbocycles. The van der Waals surface area contributed by atoms with Crippen LogP contribution < -0.4 is 5.32 Å². The molecule has 3 nitrogen and oxygen atoms in total. The van der Waals surface area contributed by atoms with Crippen LogP contribution in [-0.4, -0.2) is 22.2 Å². The Morgan fingerprint density at radius 2 is 2.29 bits per heavy atom. The predicted octanol–water partition coefficient (Wildman–Crippen LogP) is 4.22. The number of alkyl halides is 2. The Morgan fingerprint density at radius 1 is 1.52 bits per heavy atom. The lowest BCUT2D eigenvalue weighted by atomic mass is 10.0. The minimum Gasteiger partial charge on any atom is -0.381 e. The number of H-pyrrole nitrogens is 1. The monoisotopic (exact) mass is 297 g/mol. The van der Waals surface area contributed by atoms with Crippen LogP contribution in [0.2, 0.25) is 0 Å². The molecule has 1 aromatic rings. The highest BCUT2D eigenvalue weighted by Crippen LogP contribution is 2.40. The molecule has 1 aromatic heterocycles. The first-order valence-electron chi connectivity index (χ1n) is 7.77.